The van der Waals surface area contributed by atoms with Crippen molar-refractivity contribution >= 4 is 17.9 Å². The molecule has 4 rings (SSSR count). The number of carbonyl (C=O) groups is 1. The molecule has 2 aromatic carbocycles. The number of alkyl carbamates (subject to hydrolysis) is 1. The van der Waals surface area contributed by atoms with E-state index in [1.807, 2.05) is 24.3 Å². The number of carbonyl (C=O) groups excluding carboxylic acids is 1. The molecule has 6 heteroatoms. The number of anilines is 1. The molecular weight excluding hydrogens is 378 g/mol. The lowest BCUT2D eigenvalue weighted by atomic mass is 9.98. The third kappa shape index (κ3) is 3.98. The predicted molar refractivity (Wildman–Crippen MR) is 117 cm³/mol. The number of nitrogens with zero attached hydrogens (tertiary/aromatic N) is 1. The zero-order valence-electron chi connectivity index (χ0n) is 16.7. The van der Waals surface area contributed by atoms with E-state index in [1.165, 1.54) is 28.5 Å². The second kappa shape index (κ2) is 8.69. The number of nitrogen functional groups attached to an aromatic ring is 1. The summed E-state index contributed by atoms with van der Waals surface area (Å²) < 4.78 is 10.7. The van der Waals surface area contributed by atoms with Crippen molar-refractivity contribution in [2.45, 2.75) is 5.92 Å². The van der Waals surface area contributed by atoms with Gasteiger partial charge in [-0.1, -0.05) is 60.7 Å². The molecule has 0 radical (unpaired) electrons. The van der Waals surface area contributed by atoms with Crippen molar-refractivity contribution in [1.29, 1.82) is 0 Å². The van der Waals surface area contributed by atoms with Gasteiger partial charge >= 0.3 is 6.09 Å². The first kappa shape index (κ1) is 19.5. The topological polar surface area (TPSA) is 86.5 Å². The number of aromatic nitrogens is 1. The lowest BCUT2D eigenvalue weighted by Crippen LogP contribution is -2.26. The van der Waals surface area contributed by atoms with E-state index in [4.69, 9.17) is 15.2 Å². The molecule has 0 unspecified atom stereocenters. The minimum absolute atomic E-state index is 0.0429. The lowest BCUT2D eigenvalue weighted by molar-refractivity contribution is 0.144. The van der Waals surface area contributed by atoms with E-state index >= 15 is 0 Å². The number of hydrogen-bond acceptors (Lipinski definition) is 5. The van der Waals surface area contributed by atoms with Gasteiger partial charge in [-0.05, 0) is 28.3 Å². The highest BCUT2D eigenvalue weighted by Gasteiger charge is 2.28. The van der Waals surface area contributed by atoms with Crippen LogP contribution < -0.4 is 15.8 Å². The van der Waals surface area contributed by atoms with Crippen molar-refractivity contribution in [3.05, 3.63) is 83.6 Å². The summed E-state index contributed by atoms with van der Waals surface area (Å²) in [5, 5.41) is 2.74. The number of benzene rings is 2. The number of hydrogen-bond donors (Lipinski definition) is 2. The van der Waals surface area contributed by atoms with Crippen LogP contribution in [0.15, 0.2) is 66.9 Å². The van der Waals surface area contributed by atoms with Crippen molar-refractivity contribution in [1.82, 2.24) is 10.3 Å². The van der Waals surface area contributed by atoms with Crippen molar-refractivity contribution in [3.63, 3.8) is 0 Å². The van der Waals surface area contributed by atoms with Crippen LogP contribution in [0.5, 0.6) is 5.88 Å². The van der Waals surface area contributed by atoms with Gasteiger partial charge < -0.3 is 20.5 Å². The third-order valence-corrected chi connectivity index (χ3v) is 5.10. The number of fused-ring (bicyclic) bond motifs is 3. The fourth-order valence-electron chi connectivity index (χ4n) is 3.75. The molecule has 1 amide bonds. The minimum Gasteiger partial charge on any atom is -0.481 e. The summed E-state index contributed by atoms with van der Waals surface area (Å²) in [6.07, 6.45) is 4.66. The van der Waals surface area contributed by atoms with Crippen molar-refractivity contribution < 1.29 is 14.3 Å². The fourth-order valence-corrected chi connectivity index (χ4v) is 3.75. The van der Waals surface area contributed by atoms with E-state index in [-0.39, 0.29) is 12.5 Å². The normalized spacial score (nSPS) is 12.4. The predicted octanol–water partition coefficient (Wildman–Crippen LogP) is 4.22. The van der Waals surface area contributed by atoms with Crippen LogP contribution in [0.3, 0.4) is 0 Å². The SMILES string of the molecule is COc1ncc(N)cc1C=CCNC(=O)OCC1c2ccccc2-c2ccccc21. The summed E-state index contributed by atoms with van der Waals surface area (Å²) in [4.78, 5) is 16.3. The van der Waals surface area contributed by atoms with Gasteiger partial charge in [0.15, 0.2) is 0 Å². The van der Waals surface area contributed by atoms with E-state index in [0.717, 1.165) is 5.56 Å². The van der Waals surface area contributed by atoms with Gasteiger partial charge in [0.05, 0.1) is 19.0 Å². The molecule has 3 N–H and O–H groups in total. The van der Waals surface area contributed by atoms with Gasteiger partial charge in [-0.15, -0.1) is 0 Å². The molecule has 1 aromatic heterocycles. The van der Waals surface area contributed by atoms with Crippen molar-refractivity contribution in [3.8, 4) is 17.0 Å². The molecule has 0 atom stereocenters. The van der Waals surface area contributed by atoms with E-state index < -0.39 is 6.09 Å². The number of ether oxygens (including phenoxy) is 2. The first-order chi connectivity index (χ1) is 14.7. The van der Waals surface area contributed by atoms with Crippen molar-refractivity contribution in [2.24, 2.45) is 0 Å². The van der Waals surface area contributed by atoms with Crippen LogP contribution in [0.4, 0.5) is 10.5 Å². The largest absolute Gasteiger partial charge is 0.481 e. The number of nitrogens with two attached hydrogens (primary N) is 1. The number of pyridine rings is 1. The Kier molecular flexibility index (Phi) is 5.66. The molecule has 30 heavy (non-hydrogen) atoms. The van der Waals surface area contributed by atoms with Gasteiger partial charge in [-0.3, -0.25) is 0 Å². The summed E-state index contributed by atoms with van der Waals surface area (Å²) in [6.45, 7) is 0.602. The van der Waals surface area contributed by atoms with Crippen LogP contribution in [0, 0.1) is 0 Å². The maximum Gasteiger partial charge on any atom is 0.407 e. The molecule has 0 fully saturated rings. The summed E-state index contributed by atoms with van der Waals surface area (Å²) in [5.41, 5.74) is 11.8. The highest BCUT2D eigenvalue weighted by Crippen LogP contribution is 2.44. The van der Waals surface area contributed by atoms with Crippen molar-refractivity contribution in [2.75, 3.05) is 26.0 Å². The molecule has 0 spiro atoms. The third-order valence-electron chi connectivity index (χ3n) is 5.10. The number of rotatable bonds is 6. The maximum atomic E-state index is 12.2. The van der Waals surface area contributed by atoms with Gasteiger partial charge in [-0.2, -0.15) is 0 Å². The molecule has 0 saturated carbocycles. The van der Waals surface area contributed by atoms with Crippen LogP contribution in [0.25, 0.3) is 17.2 Å². The smallest absolute Gasteiger partial charge is 0.407 e. The Bertz CT molecular complexity index is 1050. The molecule has 1 aliphatic rings. The zero-order chi connectivity index (χ0) is 20.9. The highest BCUT2D eigenvalue weighted by molar-refractivity contribution is 5.79. The van der Waals surface area contributed by atoms with Gasteiger partial charge in [0, 0.05) is 18.0 Å². The molecule has 3 aromatic rings. The second-order valence-corrected chi connectivity index (χ2v) is 6.98. The standard InChI is InChI=1S/C24H23N3O3/c1-29-23-16(13-17(25)14-27-23)7-6-12-26-24(28)30-15-22-20-10-4-2-8-18(20)19-9-3-5-11-21(19)22/h2-11,13-14,22H,12,15,25H2,1H3,(H,26,28). The Hall–Kier alpha value is -3.80. The molecular formula is C24H23N3O3. The zero-order valence-corrected chi connectivity index (χ0v) is 16.7. The van der Waals surface area contributed by atoms with Crippen LogP contribution in [-0.4, -0.2) is 31.3 Å². The highest BCUT2D eigenvalue weighted by atomic mass is 16.5. The lowest BCUT2D eigenvalue weighted by Gasteiger charge is -2.14. The van der Waals surface area contributed by atoms with E-state index in [9.17, 15) is 4.79 Å². The molecule has 0 aliphatic heterocycles. The van der Waals surface area contributed by atoms with Gasteiger partial charge in [0.25, 0.3) is 0 Å². The molecule has 0 bridgehead atoms. The summed E-state index contributed by atoms with van der Waals surface area (Å²) in [7, 11) is 1.55. The number of methoxy groups -OCH3 is 1. The first-order valence-corrected chi connectivity index (χ1v) is 9.72. The molecule has 1 aliphatic carbocycles. The molecule has 0 saturated heterocycles. The van der Waals surface area contributed by atoms with Gasteiger partial charge in [0.1, 0.15) is 6.61 Å². The van der Waals surface area contributed by atoms with Crippen LogP contribution in [0.2, 0.25) is 0 Å². The maximum absolute atomic E-state index is 12.2. The Morgan fingerprint density at radius 1 is 1.13 bits per heavy atom. The molecule has 6 nitrogen and oxygen atoms in total. The first-order valence-electron chi connectivity index (χ1n) is 9.72. The Morgan fingerprint density at radius 2 is 1.80 bits per heavy atom. The van der Waals surface area contributed by atoms with E-state index in [1.54, 1.807) is 25.3 Å². The van der Waals surface area contributed by atoms with Gasteiger partial charge in [-0.25, -0.2) is 9.78 Å². The monoisotopic (exact) mass is 401 g/mol. The summed E-state index contributed by atoms with van der Waals surface area (Å²) in [6, 6.07) is 18.3. The van der Waals surface area contributed by atoms with Gasteiger partial charge in [0.2, 0.25) is 5.88 Å². The summed E-state index contributed by atoms with van der Waals surface area (Å²) in [5.74, 6) is 0.517. The summed E-state index contributed by atoms with van der Waals surface area (Å²) >= 11 is 0. The quantitative estimate of drug-likeness (QED) is 0.646. The van der Waals surface area contributed by atoms with Crippen LogP contribution >= 0.6 is 0 Å². The average molecular weight is 401 g/mol. The van der Waals surface area contributed by atoms with Crippen LogP contribution in [0.1, 0.15) is 22.6 Å². The molecule has 152 valence electrons. The van der Waals surface area contributed by atoms with E-state index in [2.05, 4.69) is 34.6 Å². The number of amides is 1. The molecule has 1 heterocycles. The second-order valence-electron chi connectivity index (χ2n) is 6.98. The van der Waals surface area contributed by atoms with E-state index in [0.29, 0.717) is 18.1 Å². The average Bonchev–Trinajstić information content (AvgIpc) is 3.09. The Balaban J connectivity index is 1.34. The minimum atomic E-state index is -0.459. The Morgan fingerprint density at radius 3 is 2.47 bits per heavy atom. The number of nitrogens with one attached hydrogen (secondary N) is 1. The van der Waals surface area contributed by atoms with Crippen LogP contribution in [-0.2, 0) is 4.74 Å². The Labute approximate surface area is 175 Å². The fraction of sp³-hybridized carbons (Fsp3) is 0.167.